The molecular formula is C18H18N4O. The number of carbonyl (C=O) groups excluding carboxylic acids is 1. The maximum absolute atomic E-state index is 12.2. The van der Waals surface area contributed by atoms with Crippen molar-refractivity contribution in [1.82, 2.24) is 20.3 Å². The number of hydrogen-bond donors (Lipinski definition) is 1. The third-order valence-corrected chi connectivity index (χ3v) is 3.78. The molecule has 0 aliphatic heterocycles. The molecule has 0 saturated heterocycles. The van der Waals surface area contributed by atoms with E-state index in [2.05, 4.69) is 22.6 Å². The number of hydrogen-bond acceptors (Lipinski definition) is 3. The zero-order chi connectivity index (χ0) is 16.2. The Hall–Kier alpha value is -2.95. The van der Waals surface area contributed by atoms with Crippen LogP contribution in [-0.4, -0.2) is 20.9 Å². The van der Waals surface area contributed by atoms with Gasteiger partial charge in [0, 0.05) is 6.54 Å². The maximum atomic E-state index is 12.2. The average Bonchev–Trinajstić information content (AvgIpc) is 3.06. The zero-order valence-electron chi connectivity index (χ0n) is 13.2. The van der Waals surface area contributed by atoms with Crippen LogP contribution in [0.5, 0.6) is 0 Å². The summed E-state index contributed by atoms with van der Waals surface area (Å²) < 4.78 is 1.61. The number of nitrogens with zero attached hydrogens (tertiary/aromatic N) is 3. The van der Waals surface area contributed by atoms with E-state index in [-0.39, 0.29) is 5.91 Å². The van der Waals surface area contributed by atoms with Crippen molar-refractivity contribution in [2.75, 3.05) is 0 Å². The molecule has 1 heterocycles. The predicted molar refractivity (Wildman–Crippen MR) is 88.4 cm³/mol. The summed E-state index contributed by atoms with van der Waals surface area (Å²) in [5.74, 6) is -0.232. The first-order valence-corrected chi connectivity index (χ1v) is 7.45. The summed E-state index contributed by atoms with van der Waals surface area (Å²) in [6.45, 7) is 4.57. The SMILES string of the molecule is Cc1ccc(-n2cc(C(=O)NCc3ccccc3)nn2)cc1C. The second-order valence-electron chi connectivity index (χ2n) is 5.49. The van der Waals surface area contributed by atoms with Gasteiger partial charge in [0.15, 0.2) is 5.69 Å². The van der Waals surface area contributed by atoms with E-state index in [4.69, 9.17) is 0 Å². The van der Waals surface area contributed by atoms with Crippen LogP contribution in [0.2, 0.25) is 0 Å². The van der Waals surface area contributed by atoms with Crippen molar-refractivity contribution in [3.8, 4) is 5.69 Å². The molecule has 0 atom stereocenters. The normalized spacial score (nSPS) is 10.5. The molecule has 3 rings (SSSR count). The molecule has 0 radical (unpaired) electrons. The molecule has 1 amide bonds. The molecule has 0 fully saturated rings. The van der Waals surface area contributed by atoms with E-state index < -0.39 is 0 Å². The fourth-order valence-electron chi connectivity index (χ4n) is 2.23. The van der Waals surface area contributed by atoms with E-state index in [1.807, 2.05) is 55.5 Å². The van der Waals surface area contributed by atoms with Crippen LogP contribution in [0.15, 0.2) is 54.7 Å². The van der Waals surface area contributed by atoms with Crippen LogP contribution in [0.1, 0.15) is 27.2 Å². The minimum atomic E-state index is -0.232. The largest absolute Gasteiger partial charge is 0.347 e. The van der Waals surface area contributed by atoms with Crippen molar-refractivity contribution in [2.45, 2.75) is 20.4 Å². The van der Waals surface area contributed by atoms with Crippen LogP contribution in [0.3, 0.4) is 0 Å². The Balaban J connectivity index is 1.71. The van der Waals surface area contributed by atoms with Crippen LogP contribution < -0.4 is 5.32 Å². The summed E-state index contributed by atoms with van der Waals surface area (Å²) in [4.78, 5) is 12.2. The van der Waals surface area contributed by atoms with Crippen molar-refractivity contribution >= 4 is 5.91 Å². The van der Waals surface area contributed by atoms with Gasteiger partial charge >= 0.3 is 0 Å². The standard InChI is InChI=1S/C18H18N4O/c1-13-8-9-16(10-14(13)2)22-12-17(20-21-22)18(23)19-11-15-6-4-3-5-7-15/h3-10,12H,11H2,1-2H3,(H,19,23). The van der Waals surface area contributed by atoms with E-state index in [1.54, 1.807) is 10.9 Å². The molecule has 5 heteroatoms. The molecular weight excluding hydrogens is 288 g/mol. The highest BCUT2D eigenvalue weighted by Gasteiger charge is 2.11. The maximum Gasteiger partial charge on any atom is 0.273 e. The van der Waals surface area contributed by atoms with Gasteiger partial charge in [-0.3, -0.25) is 4.79 Å². The molecule has 3 aromatic rings. The fraction of sp³-hybridized carbons (Fsp3) is 0.167. The number of amides is 1. The van der Waals surface area contributed by atoms with E-state index in [0.29, 0.717) is 12.2 Å². The minimum Gasteiger partial charge on any atom is -0.347 e. The van der Waals surface area contributed by atoms with Gasteiger partial charge in [0.05, 0.1) is 11.9 Å². The highest BCUT2D eigenvalue weighted by molar-refractivity contribution is 5.91. The third-order valence-electron chi connectivity index (χ3n) is 3.78. The van der Waals surface area contributed by atoms with Crippen LogP contribution in [0, 0.1) is 13.8 Å². The number of aryl methyl sites for hydroxylation is 2. The summed E-state index contributed by atoms with van der Waals surface area (Å²) in [5, 5.41) is 10.8. The monoisotopic (exact) mass is 306 g/mol. The molecule has 0 aliphatic rings. The minimum absolute atomic E-state index is 0.232. The second kappa shape index (κ2) is 6.44. The molecule has 0 spiro atoms. The second-order valence-corrected chi connectivity index (χ2v) is 5.49. The Morgan fingerprint density at radius 1 is 1.09 bits per heavy atom. The van der Waals surface area contributed by atoms with E-state index in [9.17, 15) is 4.79 Å². The quantitative estimate of drug-likeness (QED) is 0.806. The molecule has 0 unspecified atom stereocenters. The Labute approximate surface area is 135 Å². The summed E-state index contributed by atoms with van der Waals surface area (Å²) in [6, 6.07) is 15.8. The molecule has 23 heavy (non-hydrogen) atoms. The predicted octanol–water partition coefficient (Wildman–Crippen LogP) is 2.81. The van der Waals surface area contributed by atoms with E-state index in [0.717, 1.165) is 11.3 Å². The molecule has 1 aromatic heterocycles. The van der Waals surface area contributed by atoms with Crippen molar-refractivity contribution in [3.05, 3.63) is 77.1 Å². The zero-order valence-corrected chi connectivity index (χ0v) is 13.2. The third kappa shape index (κ3) is 3.45. The molecule has 5 nitrogen and oxygen atoms in total. The molecule has 116 valence electrons. The van der Waals surface area contributed by atoms with Crippen LogP contribution in [0.25, 0.3) is 5.69 Å². The number of aromatic nitrogens is 3. The van der Waals surface area contributed by atoms with Gasteiger partial charge in [-0.05, 0) is 42.7 Å². The fourth-order valence-corrected chi connectivity index (χ4v) is 2.23. The topological polar surface area (TPSA) is 59.8 Å². The average molecular weight is 306 g/mol. The lowest BCUT2D eigenvalue weighted by Gasteiger charge is -2.04. The molecule has 0 saturated carbocycles. The summed E-state index contributed by atoms with van der Waals surface area (Å²) in [6.07, 6.45) is 1.64. The number of benzene rings is 2. The van der Waals surface area contributed by atoms with Crippen molar-refractivity contribution in [3.63, 3.8) is 0 Å². The number of nitrogens with one attached hydrogen (secondary N) is 1. The summed E-state index contributed by atoms with van der Waals surface area (Å²) >= 11 is 0. The molecule has 2 aromatic carbocycles. The Kier molecular flexibility index (Phi) is 4.19. The highest BCUT2D eigenvalue weighted by Crippen LogP contribution is 2.13. The van der Waals surface area contributed by atoms with Gasteiger partial charge in [0.1, 0.15) is 0 Å². The van der Waals surface area contributed by atoms with Crippen LogP contribution in [0.4, 0.5) is 0 Å². The number of rotatable bonds is 4. The molecule has 1 N–H and O–H groups in total. The number of carbonyl (C=O) groups is 1. The molecule has 0 bridgehead atoms. The van der Waals surface area contributed by atoms with Crippen molar-refractivity contribution in [1.29, 1.82) is 0 Å². The smallest absolute Gasteiger partial charge is 0.273 e. The van der Waals surface area contributed by atoms with Gasteiger partial charge in [-0.15, -0.1) is 5.10 Å². The van der Waals surface area contributed by atoms with Gasteiger partial charge in [-0.2, -0.15) is 0 Å². The van der Waals surface area contributed by atoms with Crippen LogP contribution in [-0.2, 0) is 6.54 Å². The van der Waals surface area contributed by atoms with Crippen LogP contribution >= 0.6 is 0 Å². The van der Waals surface area contributed by atoms with E-state index in [1.165, 1.54) is 11.1 Å². The van der Waals surface area contributed by atoms with Gasteiger partial charge in [-0.25, -0.2) is 4.68 Å². The van der Waals surface area contributed by atoms with Gasteiger partial charge in [0.2, 0.25) is 0 Å². The lowest BCUT2D eigenvalue weighted by Crippen LogP contribution is -2.23. The molecule has 0 aliphatic carbocycles. The van der Waals surface area contributed by atoms with Gasteiger partial charge in [-0.1, -0.05) is 41.6 Å². The summed E-state index contributed by atoms with van der Waals surface area (Å²) in [7, 11) is 0. The first-order chi connectivity index (χ1) is 11.1. The highest BCUT2D eigenvalue weighted by atomic mass is 16.2. The lowest BCUT2D eigenvalue weighted by atomic mass is 10.1. The lowest BCUT2D eigenvalue weighted by molar-refractivity contribution is 0.0946. The van der Waals surface area contributed by atoms with Gasteiger partial charge < -0.3 is 5.32 Å². The Morgan fingerprint density at radius 3 is 2.61 bits per heavy atom. The Morgan fingerprint density at radius 2 is 1.87 bits per heavy atom. The summed E-state index contributed by atoms with van der Waals surface area (Å²) in [5.41, 5.74) is 4.63. The first kappa shape index (κ1) is 15.0. The van der Waals surface area contributed by atoms with Crippen molar-refractivity contribution in [2.24, 2.45) is 0 Å². The Bertz CT molecular complexity index is 824. The van der Waals surface area contributed by atoms with Crippen molar-refractivity contribution < 1.29 is 4.79 Å². The van der Waals surface area contributed by atoms with Gasteiger partial charge in [0.25, 0.3) is 5.91 Å². The van der Waals surface area contributed by atoms with E-state index >= 15 is 0 Å². The first-order valence-electron chi connectivity index (χ1n) is 7.45.